The first-order valence-electron chi connectivity index (χ1n) is 9.20. The normalized spacial score (nSPS) is 16.7. The quantitative estimate of drug-likeness (QED) is 0.690. The number of anilines is 3. The number of aryl methyl sites for hydroxylation is 1. The molecule has 3 rings (SSSR count). The van der Waals surface area contributed by atoms with Gasteiger partial charge in [-0.05, 0) is 19.8 Å². The Kier molecular flexibility index (Phi) is 6.11. The van der Waals surface area contributed by atoms with Gasteiger partial charge >= 0.3 is 12.4 Å². The monoisotopic (exact) mass is 437 g/mol. The van der Waals surface area contributed by atoms with Crippen LogP contribution in [0.3, 0.4) is 0 Å². The van der Waals surface area contributed by atoms with Crippen LogP contribution >= 0.6 is 0 Å². The van der Waals surface area contributed by atoms with Crippen molar-refractivity contribution in [1.29, 1.82) is 0 Å². The third-order valence-corrected chi connectivity index (χ3v) is 4.83. The SMILES string of the molecule is CNc1nc(Nc2cn(C3CCN(CC(F)(F)F)CC3)nc2C)ncc1C(F)(F)F. The van der Waals surface area contributed by atoms with Crippen LogP contribution < -0.4 is 10.6 Å². The summed E-state index contributed by atoms with van der Waals surface area (Å²) in [7, 11) is 1.33. The molecule has 0 aromatic carbocycles. The van der Waals surface area contributed by atoms with E-state index >= 15 is 0 Å². The summed E-state index contributed by atoms with van der Waals surface area (Å²) in [4.78, 5) is 8.94. The Hall–Kier alpha value is -2.57. The van der Waals surface area contributed by atoms with Crippen molar-refractivity contribution in [3.63, 3.8) is 0 Å². The average Bonchev–Trinajstić information content (AvgIpc) is 3.00. The Morgan fingerprint density at radius 1 is 1.13 bits per heavy atom. The van der Waals surface area contributed by atoms with Crippen LogP contribution in [0.2, 0.25) is 0 Å². The van der Waals surface area contributed by atoms with Crippen LogP contribution in [0.4, 0.5) is 43.8 Å². The van der Waals surface area contributed by atoms with E-state index in [-0.39, 0.29) is 17.8 Å². The number of nitrogens with one attached hydrogen (secondary N) is 2. The van der Waals surface area contributed by atoms with E-state index in [1.165, 1.54) is 11.9 Å². The number of halogens is 6. The molecule has 0 unspecified atom stereocenters. The Morgan fingerprint density at radius 3 is 2.37 bits per heavy atom. The molecule has 1 saturated heterocycles. The van der Waals surface area contributed by atoms with Gasteiger partial charge in [-0.1, -0.05) is 0 Å². The maximum Gasteiger partial charge on any atom is 0.421 e. The van der Waals surface area contributed by atoms with Crippen molar-refractivity contribution < 1.29 is 26.3 Å². The Balaban J connectivity index is 1.69. The van der Waals surface area contributed by atoms with Gasteiger partial charge in [-0.2, -0.15) is 36.4 Å². The fourth-order valence-corrected chi connectivity index (χ4v) is 3.35. The minimum absolute atomic E-state index is 0.0324. The first-order valence-corrected chi connectivity index (χ1v) is 9.20. The molecule has 3 heterocycles. The molecule has 166 valence electrons. The lowest BCUT2D eigenvalue weighted by molar-refractivity contribution is -0.148. The van der Waals surface area contributed by atoms with E-state index in [1.54, 1.807) is 17.8 Å². The Morgan fingerprint density at radius 2 is 1.80 bits per heavy atom. The number of hydrogen-bond acceptors (Lipinski definition) is 6. The van der Waals surface area contributed by atoms with Gasteiger partial charge < -0.3 is 10.6 Å². The van der Waals surface area contributed by atoms with E-state index in [2.05, 4.69) is 25.7 Å². The molecule has 7 nitrogen and oxygen atoms in total. The zero-order chi connectivity index (χ0) is 22.1. The minimum Gasteiger partial charge on any atom is -0.372 e. The number of piperidine rings is 1. The smallest absolute Gasteiger partial charge is 0.372 e. The van der Waals surface area contributed by atoms with E-state index in [0.717, 1.165) is 0 Å². The number of hydrogen-bond donors (Lipinski definition) is 2. The topological polar surface area (TPSA) is 70.9 Å². The highest BCUT2D eigenvalue weighted by Crippen LogP contribution is 2.34. The largest absolute Gasteiger partial charge is 0.421 e. The summed E-state index contributed by atoms with van der Waals surface area (Å²) < 4.78 is 78.1. The van der Waals surface area contributed by atoms with Gasteiger partial charge in [0.25, 0.3) is 0 Å². The van der Waals surface area contributed by atoms with Crippen molar-refractivity contribution in [2.75, 3.05) is 37.3 Å². The highest BCUT2D eigenvalue weighted by Gasteiger charge is 2.35. The van der Waals surface area contributed by atoms with Gasteiger partial charge in [-0.15, -0.1) is 0 Å². The first kappa shape index (κ1) is 22.1. The van der Waals surface area contributed by atoms with E-state index in [9.17, 15) is 26.3 Å². The Labute approximate surface area is 168 Å². The van der Waals surface area contributed by atoms with Gasteiger partial charge in [0.05, 0.1) is 24.0 Å². The van der Waals surface area contributed by atoms with Crippen LogP contribution in [0.5, 0.6) is 0 Å². The van der Waals surface area contributed by atoms with Crippen molar-refractivity contribution in [2.24, 2.45) is 0 Å². The van der Waals surface area contributed by atoms with Crippen LogP contribution in [0.25, 0.3) is 0 Å². The zero-order valence-electron chi connectivity index (χ0n) is 16.3. The standard InChI is InChI=1S/C17H21F6N7/c1-10-13(26-15-25-7-12(17(21,22)23)14(24-2)27-15)8-30(28-10)11-3-5-29(6-4-11)9-16(18,19)20/h7-8,11H,3-6,9H2,1-2H3,(H2,24,25,26,27). The molecule has 30 heavy (non-hydrogen) atoms. The van der Waals surface area contributed by atoms with Gasteiger partial charge in [0.2, 0.25) is 5.95 Å². The van der Waals surface area contributed by atoms with Crippen molar-refractivity contribution in [2.45, 2.75) is 38.2 Å². The summed E-state index contributed by atoms with van der Waals surface area (Å²) in [5.41, 5.74) is 0.102. The van der Waals surface area contributed by atoms with E-state index in [1.807, 2.05) is 0 Å². The van der Waals surface area contributed by atoms with Crippen molar-refractivity contribution in [1.82, 2.24) is 24.6 Å². The van der Waals surface area contributed by atoms with Gasteiger partial charge in [0.15, 0.2) is 0 Å². The average molecular weight is 437 g/mol. The molecule has 0 amide bonds. The van der Waals surface area contributed by atoms with E-state index in [4.69, 9.17) is 0 Å². The van der Waals surface area contributed by atoms with Crippen molar-refractivity contribution in [3.05, 3.63) is 23.7 Å². The number of aromatic nitrogens is 4. The molecular formula is C17H21F6N7. The van der Waals surface area contributed by atoms with Gasteiger partial charge in [-0.3, -0.25) is 9.58 Å². The summed E-state index contributed by atoms with van der Waals surface area (Å²) in [5.74, 6) is -0.392. The maximum atomic E-state index is 13.0. The van der Waals surface area contributed by atoms with Crippen LogP contribution in [0, 0.1) is 6.92 Å². The number of likely N-dealkylation sites (tertiary alicyclic amines) is 1. The van der Waals surface area contributed by atoms with Crippen LogP contribution in [-0.2, 0) is 6.18 Å². The molecule has 0 saturated carbocycles. The van der Waals surface area contributed by atoms with Gasteiger partial charge in [-0.25, -0.2) is 4.98 Å². The summed E-state index contributed by atoms with van der Waals surface area (Å²) in [5, 5.41) is 9.65. The van der Waals surface area contributed by atoms with Crippen molar-refractivity contribution in [3.8, 4) is 0 Å². The van der Waals surface area contributed by atoms with Crippen LogP contribution in [0.1, 0.15) is 30.1 Å². The molecule has 1 fully saturated rings. The molecule has 2 N–H and O–H groups in total. The predicted molar refractivity (Wildman–Crippen MR) is 97.6 cm³/mol. The lowest BCUT2D eigenvalue weighted by Gasteiger charge is -2.32. The first-order chi connectivity index (χ1) is 14.0. The van der Waals surface area contributed by atoms with Crippen LogP contribution in [0.15, 0.2) is 12.4 Å². The van der Waals surface area contributed by atoms with Crippen LogP contribution in [-0.4, -0.2) is 57.5 Å². The van der Waals surface area contributed by atoms with E-state index in [0.29, 0.717) is 43.5 Å². The lowest BCUT2D eigenvalue weighted by atomic mass is 10.1. The summed E-state index contributed by atoms with van der Waals surface area (Å²) in [6.45, 7) is 1.39. The molecule has 0 radical (unpaired) electrons. The summed E-state index contributed by atoms with van der Waals surface area (Å²) >= 11 is 0. The molecular weight excluding hydrogens is 416 g/mol. The fraction of sp³-hybridized carbons (Fsp3) is 0.588. The predicted octanol–water partition coefficient (Wildman–Crippen LogP) is 3.98. The molecule has 1 aliphatic heterocycles. The molecule has 2 aromatic rings. The fourth-order valence-electron chi connectivity index (χ4n) is 3.35. The molecule has 0 atom stereocenters. The lowest BCUT2D eigenvalue weighted by Crippen LogP contribution is -2.40. The van der Waals surface area contributed by atoms with Gasteiger partial charge in [0.1, 0.15) is 11.4 Å². The second-order valence-corrected chi connectivity index (χ2v) is 7.06. The molecule has 13 heteroatoms. The second-order valence-electron chi connectivity index (χ2n) is 7.06. The molecule has 0 aliphatic carbocycles. The van der Waals surface area contributed by atoms with E-state index < -0.39 is 24.5 Å². The highest BCUT2D eigenvalue weighted by atomic mass is 19.4. The number of alkyl halides is 6. The third-order valence-electron chi connectivity index (χ3n) is 4.83. The Bertz CT molecular complexity index is 868. The maximum absolute atomic E-state index is 13.0. The third kappa shape index (κ3) is 5.32. The summed E-state index contributed by atoms with van der Waals surface area (Å²) in [6.07, 6.45) is -5.43. The molecule has 2 aromatic heterocycles. The number of rotatable bonds is 5. The van der Waals surface area contributed by atoms with Gasteiger partial charge in [0, 0.05) is 32.5 Å². The minimum atomic E-state index is -4.58. The second kappa shape index (κ2) is 8.28. The zero-order valence-corrected chi connectivity index (χ0v) is 16.3. The highest BCUT2D eigenvalue weighted by molar-refractivity contribution is 5.57. The molecule has 0 bridgehead atoms. The number of nitrogens with zero attached hydrogens (tertiary/aromatic N) is 5. The molecule has 0 spiro atoms. The van der Waals surface area contributed by atoms with Crippen molar-refractivity contribution >= 4 is 17.5 Å². The molecule has 1 aliphatic rings. The summed E-state index contributed by atoms with van der Waals surface area (Å²) in [6, 6.07) is -0.0647.